The molecule has 0 aromatic rings. The summed E-state index contributed by atoms with van der Waals surface area (Å²) in [7, 11) is -1.47. The van der Waals surface area contributed by atoms with Crippen molar-refractivity contribution in [3.8, 4) is 0 Å². The van der Waals surface area contributed by atoms with Gasteiger partial charge in [0.15, 0.2) is 0 Å². The molecule has 1 fully saturated rings. The van der Waals surface area contributed by atoms with E-state index < -0.39 is 10.0 Å². The van der Waals surface area contributed by atoms with E-state index in [4.69, 9.17) is 4.74 Å². The van der Waals surface area contributed by atoms with Gasteiger partial charge in [0, 0.05) is 19.7 Å². The van der Waals surface area contributed by atoms with Crippen molar-refractivity contribution in [1.29, 1.82) is 0 Å². The smallest absolute Gasteiger partial charge is 0.214 e. The van der Waals surface area contributed by atoms with Gasteiger partial charge in [-0.05, 0) is 32.7 Å². The largest absolute Gasteiger partial charge is 0.377 e. The van der Waals surface area contributed by atoms with Crippen LogP contribution in [0.15, 0.2) is 0 Å². The molecule has 1 saturated heterocycles. The quantitative estimate of drug-likeness (QED) is 0.683. The Kier molecular flexibility index (Phi) is 6.73. The Labute approximate surface area is 117 Å². The Morgan fingerprint density at radius 3 is 2.58 bits per heavy atom. The molecule has 1 rings (SSSR count). The molecule has 0 aliphatic carbocycles. The summed E-state index contributed by atoms with van der Waals surface area (Å²) in [6, 6.07) is 0.453. The Morgan fingerprint density at radius 1 is 1.37 bits per heavy atom. The van der Waals surface area contributed by atoms with E-state index in [1.54, 1.807) is 7.05 Å². The molecule has 1 heterocycles. The minimum atomic E-state index is -3.15. The zero-order valence-corrected chi connectivity index (χ0v) is 13.4. The average Bonchev–Trinajstić information content (AvgIpc) is 2.73. The number of nitrogens with zero attached hydrogens (tertiary/aromatic N) is 1. The van der Waals surface area contributed by atoms with Gasteiger partial charge in [-0.2, -0.15) is 4.31 Å². The van der Waals surface area contributed by atoms with Crippen molar-refractivity contribution in [3.63, 3.8) is 0 Å². The molecule has 114 valence electrons. The molecule has 1 N–H and O–H groups in total. The van der Waals surface area contributed by atoms with Gasteiger partial charge in [0.2, 0.25) is 10.0 Å². The first kappa shape index (κ1) is 16.9. The molecule has 5 nitrogen and oxygen atoms in total. The second-order valence-electron chi connectivity index (χ2n) is 5.58. The predicted octanol–water partition coefficient (Wildman–Crippen LogP) is 1.20. The molecular formula is C13H28N2O3S. The third-order valence-corrected chi connectivity index (χ3v) is 5.58. The third-order valence-electron chi connectivity index (χ3n) is 3.62. The summed E-state index contributed by atoms with van der Waals surface area (Å²) in [6.45, 7) is 7.65. The van der Waals surface area contributed by atoms with Gasteiger partial charge >= 0.3 is 0 Å². The summed E-state index contributed by atoms with van der Waals surface area (Å²) in [5, 5.41) is 3.29. The second-order valence-corrected chi connectivity index (χ2v) is 7.73. The SMILES string of the molecule is CC(C)NCCCCS(=O)(=O)N(C)C1CCOC1C. The summed E-state index contributed by atoms with van der Waals surface area (Å²) in [4.78, 5) is 0. The lowest BCUT2D eigenvalue weighted by Crippen LogP contribution is -2.42. The molecule has 0 aromatic heterocycles. The fraction of sp³-hybridized carbons (Fsp3) is 1.00. The van der Waals surface area contributed by atoms with Crippen molar-refractivity contribution >= 4 is 10.0 Å². The average molecular weight is 292 g/mol. The molecular weight excluding hydrogens is 264 g/mol. The Hall–Kier alpha value is -0.170. The number of likely N-dealkylation sites (N-methyl/N-ethyl adjacent to an activating group) is 1. The van der Waals surface area contributed by atoms with Crippen LogP contribution in [0.3, 0.4) is 0 Å². The molecule has 1 aliphatic heterocycles. The molecule has 0 spiro atoms. The van der Waals surface area contributed by atoms with E-state index in [1.807, 2.05) is 6.92 Å². The van der Waals surface area contributed by atoms with E-state index >= 15 is 0 Å². The summed E-state index contributed by atoms with van der Waals surface area (Å²) < 4.78 is 31.4. The number of rotatable bonds is 8. The van der Waals surface area contributed by atoms with E-state index in [-0.39, 0.29) is 17.9 Å². The molecule has 2 atom stereocenters. The topological polar surface area (TPSA) is 58.6 Å². The van der Waals surface area contributed by atoms with Crippen LogP contribution >= 0.6 is 0 Å². The van der Waals surface area contributed by atoms with Crippen molar-refractivity contribution in [3.05, 3.63) is 0 Å². The van der Waals surface area contributed by atoms with Crippen LogP contribution in [0.25, 0.3) is 0 Å². The first-order chi connectivity index (χ1) is 8.84. The van der Waals surface area contributed by atoms with Crippen LogP contribution in [0.4, 0.5) is 0 Å². The zero-order chi connectivity index (χ0) is 14.5. The van der Waals surface area contributed by atoms with Crippen molar-refractivity contribution in [2.45, 2.75) is 58.2 Å². The fourth-order valence-corrected chi connectivity index (χ4v) is 3.89. The summed E-state index contributed by atoms with van der Waals surface area (Å²) in [6.07, 6.45) is 2.39. The summed E-state index contributed by atoms with van der Waals surface area (Å²) >= 11 is 0. The van der Waals surface area contributed by atoms with Crippen LogP contribution in [-0.4, -0.2) is 56.9 Å². The number of nitrogens with one attached hydrogen (secondary N) is 1. The van der Waals surface area contributed by atoms with Crippen LogP contribution in [0.1, 0.15) is 40.0 Å². The predicted molar refractivity (Wildman–Crippen MR) is 77.7 cm³/mol. The number of hydrogen-bond acceptors (Lipinski definition) is 4. The van der Waals surface area contributed by atoms with E-state index in [2.05, 4.69) is 19.2 Å². The van der Waals surface area contributed by atoms with Gasteiger partial charge in [-0.1, -0.05) is 13.8 Å². The van der Waals surface area contributed by atoms with E-state index in [1.165, 1.54) is 4.31 Å². The first-order valence-electron chi connectivity index (χ1n) is 7.15. The maximum atomic E-state index is 12.2. The third kappa shape index (κ3) is 5.38. The maximum Gasteiger partial charge on any atom is 0.214 e. The number of hydrogen-bond donors (Lipinski definition) is 1. The molecule has 2 unspecified atom stereocenters. The molecule has 0 saturated carbocycles. The van der Waals surface area contributed by atoms with Crippen LogP contribution in [0.5, 0.6) is 0 Å². The van der Waals surface area contributed by atoms with Gasteiger partial charge in [-0.3, -0.25) is 0 Å². The van der Waals surface area contributed by atoms with Crippen molar-refractivity contribution in [2.24, 2.45) is 0 Å². The van der Waals surface area contributed by atoms with Crippen molar-refractivity contribution < 1.29 is 13.2 Å². The highest BCUT2D eigenvalue weighted by Gasteiger charge is 2.33. The Balaban J connectivity index is 2.34. The second kappa shape index (κ2) is 7.57. The molecule has 0 radical (unpaired) electrons. The lowest BCUT2D eigenvalue weighted by molar-refractivity contribution is 0.102. The lowest BCUT2D eigenvalue weighted by Gasteiger charge is -2.26. The van der Waals surface area contributed by atoms with E-state index in [0.29, 0.717) is 19.1 Å². The standard InChI is InChI=1S/C13H28N2O3S/c1-11(2)14-8-5-6-10-19(16,17)15(4)13-7-9-18-12(13)3/h11-14H,5-10H2,1-4H3. The molecule has 6 heteroatoms. The van der Waals surface area contributed by atoms with E-state index in [0.717, 1.165) is 19.4 Å². The maximum absolute atomic E-state index is 12.2. The van der Waals surface area contributed by atoms with Crippen LogP contribution in [0.2, 0.25) is 0 Å². The van der Waals surface area contributed by atoms with Gasteiger partial charge in [-0.25, -0.2) is 8.42 Å². The zero-order valence-electron chi connectivity index (χ0n) is 12.6. The van der Waals surface area contributed by atoms with Crippen LogP contribution in [0, 0.1) is 0 Å². The minimum absolute atomic E-state index is 0.00112. The van der Waals surface area contributed by atoms with Crippen LogP contribution < -0.4 is 5.32 Å². The molecule has 19 heavy (non-hydrogen) atoms. The molecule has 0 amide bonds. The summed E-state index contributed by atoms with van der Waals surface area (Å²) in [5.41, 5.74) is 0. The molecule has 0 aromatic carbocycles. The molecule has 0 bridgehead atoms. The van der Waals surface area contributed by atoms with Gasteiger partial charge < -0.3 is 10.1 Å². The summed E-state index contributed by atoms with van der Waals surface area (Å²) in [5.74, 6) is 0.229. The fourth-order valence-electron chi connectivity index (χ4n) is 2.35. The van der Waals surface area contributed by atoms with Gasteiger partial charge in [0.1, 0.15) is 0 Å². The monoisotopic (exact) mass is 292 g/mol. The number of unbranched alkanes of at least 4 members (excludes halogenated alkanes) is 1. The van der Waals surface area contributed by atoms with Gasteiger partial charge in [-0.15, -0.1) is 0 Å². The van der Waals surface area contributed by atoms with Gasteiger partial charge in [0.05, 0.1) is 17.9 Å². The Morgan fingerprint density at radius 2 is 2.05 bits per heavy atom. The first-order valence-corrected chi connectivity index (χ1v) is 8.76. The molecule has 1 aliphatic rings. The lowest BCUT2D eigenvalue weighted by atomic mass is 10.2. The van der Waals surface area contributed by atoms with E-state index in [9.17, 15) is 8.42 Å². The number of sulfonamides is 1. The minimum Gasteiger partial charge on any atom is -0.377 e. The van der Waals surface area contributed by atoms with Gasteiger partial charge in [0.25, 0.3) is 0 Å². The highest BCUT2D eigenvalue weighted by Crippen LogP contribution is 2.21. The normalized spacial score (nSPS) is 24.5. The Bertz CT molecular complexity index is 357. The van der Waals surface area contributed by atoms with Crippen LogP contribution in [-0.2, 0) is 14.8 Å². The highest BCUT2D eigenvalue weighted by molar-refractivity contribution is 7.89. The highest BCUT2D eigenvalue weighted by atomic mass is 32.2. The van der Waals surface area contributed by atoms with Crippen molar-refractivity contribution in [1.82, 2.24) is 9.62 Å². The number of ether oxygens (including phenoxy) is 1. The van der Waals surface area contributed by atoms with Crippen molar-refractivity contribution in [2.75, 3.05) is 26.0 Å².